The number of rotatable bonds is 4. The van der Waals surface area contributed by atoms with Crippen molar-refractivity contribution in [1.29, 1.82) is 0 Å². The van der Waals surface area contributed by atoms with Gasteiger partial charge in [0, 0.05) is 33.0 Å². The van der Waals surface area contributed by atoms with Crippen LogP contribution in [-0.2, 0) is 21.7 Å². The molecule has 0 radical (unpaired) electrons. The molecule has 0 unspecified atom stereocenters. The fourth-order valence-corrected chi connectivity index (χ4v) is 14.0. The van der Waals surface area contributed by atoms with Crippen LogP contribution in [-0.4, -0.2) is 0 Å². The monoisotopic (exact) mass is 962 g/mol. The maximum absolute atomic E-state index is 15.9. The maximum atomic E-state index is 15.9. The van der Waals surface area contributed by atoms with E-state index < -0.39 is 10.8 Å². The first-order valence-electron chi connectivity index (χ1n) is 26.1. The second kappa shape index (κ2) is 15.2. The molecule has 74 heavy (non-hydrogen) atoms. The molecule has 0 atom stereocenters. The Balaban J connectivity index is 1.02. The van der Waals surface area contributed by atoms with E-state index in [1.165, 1.54) is 68.3 Å². The molecule has 0 saturated heterocycles. The fraction of sp³-hybridized carbons (Fsp3) is 0.171. The lowest BCUT2D eigenvalue weighted by molar-refractivity contribution is 0.628. The average Bonchev–Trinajstić information content (AvgIpc) is 3.82. The Labute approximate surface area is 433 Å². The van der Waals surface area contributed by atoms with Gasteiger partial charge in [0.15, 0.2) is 0 Å². The van der Waals surface area contributed by atoms with Crippen molar-refractivity contribution in [3.63, 3.8) is 0 Å². The third kappa shape index (κ3) is 5.97. The van der Waals surface area contributed by atoms with Gasteiger partial charge >= 0.3 is 0 Å². The second-order valence-electron chi connectivity index (χ2n) is 23.2. The number of halogens is 2. The van der Waals surface area contributed by atoms with Gasteiger partial charge in [0.2, 0.25) is 0 Å². The van der Waals surface area contributed by atoms with Crippen molar-refractivity contribution in [3.05, 3.63) is 250 Å². The molecular formula is C70H56F2N2. The lowest BCUT2D eigenvalue weighted by Gasteiger charge is -2.42. The van der Waals surface area contributed by atoms with Crippen molar-refractivity contribution in [2.75, 3.05) is 9.80 Å². The molecule has 0 fully saturated rings. The van der Waals surface area contributed by atoms with Gasteiger partial charge in [0.05, 0.1) is 22.7 Å². The quantitative estimate of drug-likeness (QED) is 0.173. The minimum Gasteiger partial charge on any atom is -0.310 e. The first-order valence-corrected chi connectivity index (χ1v) is 26.1. The Morgan fingerprint density at radius 2 is 0.608 bits per heavy atom. The molecule has 10 aromatic rings. The summed E-state index contributed by atoms with van der Waals surface area (Å²) >= 11 is 0. The van der Waals surface area contributed by atoms with Gasteiger partial charge in [-0.1, -0.05) is 165 Å². The topological polar surface area (TPSA) is 6.48 Å². The number of nitrogens with zero attached hydrogens (tertiary/aromatic N) is 2. The number of hydrogen-bond donors (Lipinski definition) is 0. The van der Waals surface area contributed by atoms with Crippen LogP contribution in [0.2, 0.25) is 0 Å². The number of benzene rings is 10. The van der Waals surface area contributed by atoms with Gasteiger partial charge in [-0.15, -0.1) is 0 Å². The van der Waals surface area contributed by atoms with E-state index in [0.29, 0.717) is 0 Å². The molecule has 2 aliphatic heterocycles. The zero-order valence-corrected chi connectivity index (χ0v) is 43.1. The minimum absolute atomic E-state index is 0.184. The van der Waals surface area contributed by atoms with Crippen LogP contribution in [0.25, 0.3) is 55.3 Å². The molecule has 2 aliphatic carbocycles. The summed E-state index contributed by atoms with van der Waals surface area (Å²) in [6.07, 6.45) is 0. The Bertz CT molecular complexity index is 3710. The summed E-state index contributed by atoms with van der Waals surface area (Å²) in [6.45, 7) is 18.6. The normalized spacial score (nSPS) is 16.4. The van der Waals surface area contributed by atoms with Crippen LogP contribution in [0.4, 0.5) is 42.9 Å². The van der Waals surface area contributed by atoms with Crippen molar-refractivity contribution in [3.8, 4) is 44.5 Å². The van der Waals surface area contributed by atoms with Gasteiger partial charge in [-0.05, 0) is 185 Å². The molecule has 0 N–H and O–H groups in total. The van der Waals surface area contributed by atoms with E-state index in [1.54, 1.807) is 12.1 Å². The molecule has 0 saturated carbocycles. The van der Waals surface area contributed by atoms with Crippen molar-refractivity contribution in [1.82, 2.24) is 0 Å². The molecule has 2 heterocycles. The largest absolute Gasteiger partial charge is 0.310 e. The molecule has 0 aromatic heterocycles. The van der Waals surface area contributed by atoms with Crippen molar-refractivity contribution in [2.24, 2.45) is 0 Å². The highest BCUT2D eigenvalue weighted by molar-refractivity contribution is 6.17. The molecule has 2 nitrogen and oxygen atoms in total. The summed E-state index contributed by atoms with van der Waals surface area (Å²) in [5.74, 6) is -0.579. The number of anilines is 6. The smallest absolute Gasteiger partial charge is 0.123 e. The molecule has 4 aliphatic rings. The maximum Gasteiger partial charge on any atom is 0.123 e. The fourth-order valence-electron chi connectivity index (χ4n) is 14.0. The van der Waals surface area contributed by atoms with Gasteiger partial charge in [0.25, 0.3) is 0 Å². The molecule has 10 aromatic carbocycles. The van der Waals surface area contributed by atoms with Crippen molar-refractivity contribution >= 4 is 44.9 Å². The summed E-state index contributed by atoms with van der Waals surface area (Å²) in [6, 6.07) is 68.1. The van der Waals surface area contributed by atoms with Gasteiger partial charge in [0.1, 0.15) is 11.6 Å². The predicted octanol–water partition coefficient (Wildman–Crippen LogP) is 19.3. The number of hydrogen-bond acceptors (Lipinski definition) is 2. The van der Waals surface area contributed by atoms with Gasteiger partial charge in [-0.25, -0.2) is 8.78 Å². The zero-order chi connectivity index (χ0) is 50.8. The Kier molecular flexibility index (Phi) is 9.19. The van der Waals surface area contributed by atoms with Gasteiger partial charge < -0.3 is 9.80 Å². The highest BCUT2D eigenvalue weighted by atomic mass is 19.1. The van der Waals surface area contributed by atoms with Gasteiger partial charge in [-0.2, -0.15) is 0 Å². The van der Waals surface area contributed by atoms with Crippen LogP contribution in [0.3, 0.4) is 0 Å². The molecule has 4 heteroatoms. The van der Waals surface area contributed by atoms with E-state index in [0.717, 1.165) is 77.8 Å². The lowest BCUT2D eigenvalue weighted by Crippen LogP contribution is -2.30. The van der Waals surface area contributed by atoms with E-state index in [-0.39, 0.29) is 22.5 Å². The standard InChI is InChI=1S/C70H56F2N2/c1-67(2)51-23-9-13-27-59(51)73(60-28-14-10-24-52(60)67)45-31-33-47-55(37-45)69(5,6)57-39-49-50(63(65(47)57)41-19-17-21-43(71)35-41)40-58-66(64(49)42-20-18-22-44(72)36-42)48-34-32-46(38-56(48)70(58,7)8)74-61-29-15-11-25-53(61)68(3,4)54-26-12-16-30-62(54)74/h9-40H,1-8H3. The zero-order valence-electron chi connectivity index (χ0n) is 43.1. The van der Waals surface area contributed by atoms with Crippen LogP contribution in [0.1, 0.15) is 99.9 Å². The first-order chi connectivity index (χ1) is 35.6. The lowest BCUT2D eigenvalue weighted by atomic mass is 9.73. The summed E-state index contributed by atoms with van der Waals surface area (Å²) in [5, 5.41) is 2.03. The number of para-hydroxylation sites is 4. The van der Waals surface area contributed by atoms with Crippen LogP contribution < -0.4 is 9.80 Å². The third-order valence-corrected chi connectivity index (χ3v) is 17.7. The SMILES string of the molecule is CC1(C)c2ccccc2N(c2ccc3c(c2)C(C)(C)c2cc4c(-c5cccc(F)c5)c5c(cc4c(-c4cccc(F)c4)c2-3)C(C)(C)c2cc(N3c4ccccc4C(C)(C)c4ccccc43)ccc2-5)c2ccccc21. The molecule has 14 rings (SSSR count). The predicted molar refractivity (Wildman–Crippen MR) is 303 cm³/mol. The highest BCUT2D eigenvalue weighted by Crippen LogP contribution is 2.62. The van der Waals surface area contributed by atoms with Crippen molar-refractivity contribution in [2.45, 2.75) is 77.0 Å². The summed E-state index contributed by atoms with van der Waals surface area (Å²) < 4.78 is 31.8. The van der Waals surface area contributed by atoms with Crippen LogP contribution >= 0.6 is 0 Å². The molecule has 0 spiro atoms. The Morgan fingerprint density at radius 1 is 0.284 bits per heavy atom. The Hall–Kier alpha value is -8.08. The van der Waals surface area contributed by atoms with E-state index >= 15 is 8.78 Å². The molecule has 0 bridgehead atoms. The van der Waals surface area contributed by atoms with Crippen LogP contribution in [0.5, 0.6) is 0 Å². The van der Waals surface area contributed by atoms with Crippen LogP contribution in [0, 0.1) is 11.6 Å². The second-order valence-corrected chi connectivity index (χ2v) is 23.2. The molecule has 360 valence electrons. The Morgan fingerprint density at radius 3 is 0.946 bits per heavy atom. The third-order valence-electron chi connectivity index (χ3n) is 17.7. The summed E-state index contributed by atoms with van der Waals surface area (Å²) in [4.78, 5) is 4.86. The summed E-state index contributed by atoms with van der Waals surface area (Å²) in [7, 11) is 0. The van der Waals surface area contributed by atoms with E-state index in [4.69, 9.17) is 0 Å². The summed E-state index contributed by atoms with van der Waals surface area (Å²) in [5.41, 5.74) is 23.5. The first kappa shape index (κ1) is 44.6. The molecular weight excluding hydrogens is 907 g/mol. The van der Waals surface area contributed by atoms with E-state index in [1.807, 2.05) is 12.1 Å². The van der Waals surface area contributed by atoms with E-state index in [2.05, 4.69) is 223 Å². The highest BCUT2D eigenvalue weighted by Gasteiger charge is 2.44. The van der Waals surface area contributed by atoms with Gasteiger partial charge in [-0.3, -0.25) is 0 Å². The average molecular weight is 963 g/mol. The van der Waals surface area contributed by atoms with Crippen molar-refractivity contribution < 1.29 is 8.78 Å². The molecule has 0 amide bonds. The number of fused-ring (bicyclic) bond motifs is 11. The van der Waals surface area contributed by atoms with Crippen LogP contribution in [0.15, 0.2) is 194 Å². The van der Waals surface area contributed by atoms with E-state index in [9.17, 15) is 0 Å². The minimum atomic E-state index is -0.481.